The number of hydrogen-bond acceptors (Lipinski definition) is 7. The molecule has 0 aliphatic carbocycles. The Morgan fingerprint density at radius 3 is 2.62 bits per heavy atom. The summed E-state index contributed by atoms with van der Waals surface area (Å²) in [5, 5.41) is 3.07. The number of nitrogens with zero attached hydrogens (tertiary/aromatic N) is 2. The molecule has 2 amide bonds. The molecule has 0 fully saturated rings. The first kappa shape index (κ1) is 22.5. The van der Waals surface area contributed by atoms with Crippen molar-refractivity contribution in [3.05, 3.63) is 76.3 Å². The molecule has 0 atom stereocenters. The molecule has 1 aromatic heterocycles. The number of rotatable bonds is 5. The Hall–Kier alpha value is -3.28. The molecule has 8 nitrogen and oxygen atoms in total. The smallest absolute Gasteiger partial charge is 0.273 e. The topological polar surface area (TPSA) is 106 Å². The minimum absolute atomic E-state index is 0.0166. The van der Waals surface area contributed by atoms with Crippen LogP contribution in [0.5, 0.6) is 5.75 Å². The molecule has 3 aromatic carbocycles. The van der Waals surface area contributed by atoms with Gasteiger partial charge in [-0.25, -0.2) is 13.4 Å². The van der Waals surface area contributed by atoms with Gasteiger partial charge in [-0.2, -0.15) is 4.31 Å². The number of nitrogens with one attached hydrogen (secondary N) is 1. The largest absolute Gasteiger partial charge is 0.494 e. The monoisotopic (exact) mass is 557 g/mol. The summed E-state index contributed by atoms with van der Waals surface area (Å²) >= 11 is 4.57. The number of thiazole rings is 1. The summed E-state index contributed by atoms with van der Waals surface area (Å²) in [5.41, 5.74) is 1.04. The summed E-state index contributed by atoms with van der Waals surface area (Å²) in [6.07, 6.45) is 0. The van der Waals surface area contributed by atoms with E-state index in [2.05, 4.69) is 26.2 Å². The highest BCUT2D eigenvalue weighted by Gasteiger charge is 2.42. The average Bonchev–Trinajstić information content (AvgIpc) is 3.29. The van der Waals surface area contributed by atoms with Gasteiger partial charge in [-0.3, -0.25) is 14.9 Å². The number of carbonyl (C=O) groups excluding carboxylic acids is 2. The Balaban J connectivity index is 1.43. The van der Waals surface area contributed by atoms with Crippen molar-refractivity contribution in [2.45, 2.75) is 11.8 Å². The van der Waals surface area contributed by atoms with E-state index in [0.29, 0.717) is 23.0 Å². The van der Waals surface area contributed by atoms with Crippen molar-refractivity contribution in [3.63, 3.8) is 0 Å². The summed E-state index contributed by atoms with van der Waals surface area (Å²) in [7, 11) is -4.16. The Morgan fingerprint density at radius 1 is 1.12 bits per heavy atom. The van der Waals surface area contributed by atoms with Crippen LogP contribution in [0, 0.1) is 0 Å². The lowest BCUT2D eigenvalue weighted by Gasteiger charge is -2.15. The minimum Gasteiger partial charge on any atom is -0.494 e. The lowest BCUT2D eigenvalue weighted by Crippen LogP contribution is -2.29. The SMILES string of the molecule is CCOc1ccc2nc(NC(=O)c3ccc4c(c3)S(=O)(=O)N(c3ccc(Br)cc3)C4=O)sc2c1. The van der Waals surface area contributed by atoms with Crippen LogP contribution in [-0.4, -0.2) is 31.8 Å². The van der Waals surface area contributed by atoms with Gasteiger partial charge in [-0.15, -0.1) is 0 Å². The third kappa shape index (κ3) is 3.85. The van der Waals surface area contributed by atoms with Crippen LogP contribution in [-0.2, 0) is 10.0 Å². The van der Waals surface area contributed by atoms with E-state index >= 15 is 0 Å². The maximum atomic E-state index is 13.2. The quantitative estimate of drug-likeness (QED) is 0.367. The molecule has 5 rings (SSSR count). The molecular weight excluding hydrogens is 542 g/mol. The van der Waals surface area contributed by atoms with Gasteiger partial charge in [0.15, 0.2) is 5.13 Å². The molecular formula is C23H16BrN3O5S2. The van der Waals surface area contributed by atoms with Gasteiger partial charge >= 0.3 is 0 Å². The third-order valence-corrected chi connectivity index (χ3v) is 8.34. The van der Waals surface area contributed by atoms with E-state index in [1.165, 1.54) is 41.7 Å². The van der Waals surface area contributed by atoms with E-state index in [4.69, 9.17) is 4.74 Å². The standard InChI is InChI=1S/C23H16BrN3O5S2/c1-2-32-16-8-10-18-19(12-16)33-23(25-18)26-21(28)13-3-9-17-20(11-13)34(30,31)27(22(17)29)15-6-4-14(24)5-7-15/h3-12H,2H2,1H3,(H,25,26,28). The summed E-state index contributed by atoms with van der Waals surface area (Å²) in [5.74, 6) is -0.488. The van der Waals surface area contributed by atoms with Crippen LogP contribution in [0.25, 0.3) is 10.2 Å². The van der Waals surface area contributed by atoms with Crippen LogP contribution >= 0.6 is 27.3 Å². The first-order chi connectivity index (χ1) is 16.3. The van der Waals surface area contributed by atoms with Gasteiger partial charge in [-0.1, -0.05) is 27.3 Å². The van der Waals surface area contributed by atoms with Crippen LogP contribution < -0.4 is 14.4 Å². The van der Waals surface area contributed by atoms with Crippen molar-refractivity contribution in [2.24, 2.45) is 0 Å². The molecule has 0 unspecified atom stereocenters. The lowest BCUT2D eigenvalue weighted by molar-refractivity contribution is 0.100. The minimum atomic E-state index is -4.16. The van der Waals surface area contributed by atoms with Crippen LogP contribution in [0.4, 0.5) is 10.8 Å². The molecule has 0 saturated heterocycles. The second-order valence-corrected chi connectivity index (χ2v) is 11.0. The predicted molar refractivity (Wildman–Crippen MR) is 133 cm³/mol. The molecule has 34 heavy (non-hydrogen) atoms. The Labute approximate surface area is 207 Å². The van der Waals surface area contributed by atoms with Gasteiger partial charge < -0.3 is 4.74 Å². The summed E-state index contributed by atoms with van der Waals surface area (Å²) < 4.78 is 34.1. The molecule has 0 saturated carbocycles. The van der Waals surface area contributed by atoms with Crippen LogP contribution in [0.2, 0.25) is 0 Å². The molecule has 4 aromatic rings. The zero-order valence-electron chi connectivity index (χ0n) is 17.6. The highest BCUT2D eigenvalue weighted by Crippen LogP contribution is 2.36. The molecule has 0 spiro atoms. The van der Waals surface area contributed by atoms with Crippen molar-refractivity contribution in [3.8, 4) is 5.75 Å². The number of sulfonamides is 1. The maximum Gasteiger partial charge on any atom is 0.273 e. The third-order valence-electron chi connectivity index (χ3n) is 5.13. The highest BCUT2D eigenvalue weighted by molar-refractivity contribution is 9.10. The van der Waals surface area contributed by atoms with Crippen molar-refractivity contribution >= 4 is 70.1 Å². The number of anilines is 2. The first-order valence-corrected chi connectivity index (χ1v) is 13.2. The second kappa shape index (κ2) is 8.49. The molecule has 1 aliphatic heterocycles. The van der Waals surface area contributed by atoms with Crippen LogP contribution in [0.3, 0.4) is 0 Å². The van der Waals surface area contributed by atoms with Crippen molar-refractivity contribution in [2.75, 3.05) is 16.2 Å². The molecule has 0 bridgehead atoms. The van der Waals surface area contributed by atoms with Gasteiger partial charge in [0.2, 0.25) is 0 Å². The molecule has 0 radical (unpaired) electrons. The van der Waals surface area contributed by atoms with E-state index in [0.717, 1.165) is 13.5 Å². The van der Waals surface area contributed by atoms with Gasteiger partial charge in [0, 0.05) is 10.0 Å². The highest BCUT2D eigenvalue weighted by atomic mass is 79.9. The fourth-order valence-corrected chi connectivity index (χ4v) is 6.36. The van der Waals surface area contributed by atoms with E-state index < -0.39 is 21.8 Å². The number of ether oxygens (including phenoxy) is 1. The number of carbonyl (C=O) groups is 2. The molecule has 11 heteroatoms. The number of hydrogen-bond donors (Lipinski definition) is 1. The van der Waals surface area contributed by atoms with E-state index in [1.54, 1.807) is 24.3 Å². The normalized spacial score (nSPS) is 14.3. The predicted octanol–water partition coefficient (Wildman–Crippen LogP) is 5.06. The lowest BCUT2D eigenvalue weighted by atomic mass is 10.1. The molecule has 2 heterocycles. The van der Waals surface area contributed by atoms with Crippen LogP contribution in [0.15, 0.2) is 70.0 Å². The number of halogens is 1. The Kier molecular flexibility index (Phi) is 5.62. The Morgan fingerprint density at radius 2 is 1.88 bits per heavy atom. The number of benzene rings is 3. The Bertz CT molecular complexity index is 1570. The number of amides is 2. The average molecular weight is 558 g/mol. The number of fused-ring (bicyclic) bond motifs is 2. The van der Waals surface area contributed by atoms with Crippen LogP contribution in [0.1, 0.15) is 27.6 Å². The zero-order chi connectivity index (χ0) is 24.0. The first-order valence-electron chi connectivity index (χ1n) is 10.1. The second-order valence-electron chi connectivity index (χ2n) is 7.30. The summed E-state index contributed by atoms with van der Waals surface area (Å²) in [6.45, 7) is 2.43. The summed E-state index contributed by atoms with van der Waals surface area (Å²) in [4.78, 5) is 29.9. The fourth-order valence-electron chi connectivity index (χ4n) is 3.59. The van der Waals surface area contributed by atoms with Gasteiger partial charge in [0.1, 0.15) is 10.6 Å². The van der Waals surface area contributed by atoms with E-state index in [1.807, 2.05) is 13.0 Å². The van der Waals surface area contributed by atoms with E-state index in [9.17, 15) is 18.0 Å². The van der Waals surface area contributed by atoms with Gasteiger partial charge in [-0.05, 0) is 67.6 Å². The van der Waals surface area contributed by atoms with Crippen molar-refractivity contribution in [1.82, 2.24) is 4.98 Å². The van der Waals surface area contributed by atoms with Gasteiger partial charge in [0.05, 0.1) is 28.1 Å². The van der Waals surface area contributed by atoms with Gasteiger partial charge in [0.25, 0.3) is 21.8 Å². The van der Waals surface area contributed by atoms with Crippen molar-refractivity contribution in [1.29, 1.82) is 0 Å². The molecule has 1 aliphatic rings. The number of aromatic nitrogens is 1. The molecule has 1 N–H and O–H groups in total. The fraction of sp³-hybridized carbons (Fsp3) is 0.0870. The zero-order valence-corrected chi connectivity index (χ0v) is 20.8. The maximum absolute atomic E-state index is 13.2. The van der Waals surface area contributed by atoms with E-state index in [-0.39, 0.29) is 21.7 Å². The summed E-state index contributed by atoms with van der Waals surface area (Å²) in [6, 6.07) is 15.8. The molecule has 172 valence electrons. The van der Waals surface area contributed by atoms with Crippen molar-refractivity contribution < 1.29 is 22.7 Å².